The molecule has 3 rings (SSSR count). The molecule has 0 saturated carbocycles. The first kappa shape index (κ1) is 20.2. The molecule has 0 radical (unpaired) electrons. The maximum Gasteiger partial charge on any atom is 0.307 e. The van der Waals surface area contributed by atoms with Gasteiger partial charge in [-0.05, 0) is 36.8 Å². The molecular formula is C20H19ClN2O4S. The number of esters is 1. The number of benzene rings is 2. The first-order valence-corrected chi connectivity index (χ1v) is 9.95. The number of ether oxygens (including phenoxy) is 1. The van der Waals surface area contributed by atoms with E-state index in [2.05, 4.69) is 10.6 Å². The maximum absolute atomic E-state index is 12.1. The van der Waals surface area contributed by atoms with Crippen molar-refractivity contribution in [3.05, 3.63) is 59.1 Å². The Morgan fingerprint density at radius 2 is 2.04 bits per heavy atom. The van der Waals surface area contributed by atoms with Crippen LogP contribution in [0.15, 0.2) is 53.4 Å². The van der Waals surface area contributed by atoms with Crippen LogP contribution in [0.25, 0.3) is 0 Å². The van der Waals surface area contributed by atoms with E-state index < -0.39 is 23.7 Å². The monoisotopic (exact) mass is 418 g/mol. The zero-order valence-electron chi connectivity index (χ0n) is 15.1. The van der Waals surface area contributed by atoms with E-state index in [-0.39, 0.29) is 18.4 Å². The number of carbonyl (C=O) groups excluding carboxylic acids is 3. The lowest BCUT2D eigenvalue weighted by atomic mass is 10.1. The Hall–Kier alpha value is -2.51. The standard InChI is InChI=1S/C20H19ClN2O4S/c1-12(13-5-4-6-14(21)9-13)22-18(24)11-27-19(25)10-17-20(26)23-15-7-2-3-8-16(15)28-17/h2-9,12,17H,10-11H2,1H3,(H,22,24)(H,23,26)/t12-,17-/m0/s1. The van der Waals surface area contributed by atoms with E-state index in [9.17, 15) is 14.4 Å². The minimum atomic E-state index is -0.599. The lowest BCUT2D eigenvalue weighted by Crippen LogP contribution is -2.34. The van der Waals surface area contributed by atoms with Crippen molar-refractivity contribution in [3.63, 3.8) is 0 Å². The van der Waals surface area contributed by atoms with E-state index in [4.69, 9.17) is 16.3 Å². The third-order valence-electron chi connectivity index (χ3n) is 4.15. The Bertz CT molecular complexity index is 905. The molecule has 28 heavy (non-hydrogen) atoms. The minimum Gasteiger partial charge on any atom is -0.456 e. The van der Waals surface area contributed by atoms with Gasteiger partial charge < -0.3 is 15.4 Å². The van der Waals surface area contributed by atoms with Gasteiger partial charge in [0.1, 0.15) is 0 Å². The third-order valence-corrected chi connectivity index (χ3v) is 5.66. The number of fused-ring (bicyclic) bond motifs is 1. The van der Waals surface area contributed by atoms with Crippen LogP contribution in [0.3, 0.4) is 0 Å². The zero-order valence-corrected chi connectivity index (χ0v) is 16.7. The first-order valence-electron chi connectivity index (χ1n) is 8.69. The second-order valence-corrected chi connectivity index (χ2v) is 7.98. The summed E-state index contributed by atoms with van der Waals surface area (Å²) in [6.45, 7) is 1.41. The number of anilines is 1. The van der Waals surface area contributed by atoms with E-state index in [0.717, 1.165) is 16.1 Å². The van der Waals surface area contributed by atoms with E-state index in [1.807, 2.05) is 31.2 Å². The van der Waals surface area contributed by atoms with Crippen LogP contribution in [0.4, 0.5) is 5.69 Å². The smallest absolute Gasteiger partial charge is 0.307 e. The Balaban J connectivity index is 1.46. The lowest BCUT2D eigenvalue weighted by Gasteiger charge is -2.23. The molecule has 0 spiro atoms. The largest absolute Gasteiger partial charge is 0.456 e. The van der Waals surface area contributed by atoms with Crippen LogP contribution in [0.5, 0.6) is 0 Å². The van der Waals surface area contributed by atoms with Crippen molar-refractivity contribution in [2.75, 3.05) is 11.9 Å². The van der Waals surface area contributed by atoms with Gasteiger partial charge in [0.05, 0.1) is 23.4 Å². The Labute approximate surface area is 172 Å². The fraction of sp³-hybridized carbons (Fsp3) is 0.250. The fourth-order valence-electron chi connectivity index (χ4n) is 2.73. The molecule has 0 saturated heterocycles. The molecule has 2 N–H and O–H groups in total. The lowest BCUT2D eigenvalue weighted by molar-refractivity contribution is -0.149. The summed E-state index contributed by atoms with van der Waals surface area (Å²) in [4.78, 5) is 37.1. The molecule has 146 valence electrons. The number of thioether (sulfide) groups is 1. The van der Waals surface area contributed by atoms with Gasteiger partial charge in [-0.2, -0.15) is 0 Å². The van der Waals surface area contributed by atoms with E-state index in [1.165, 1.54) is 11.8 Å². The minimum absolute atomic E-state index is 0.109. The second kappa shape index (κ2) is 9.12. The highest BCUT2D eigenvalue weighted by molar-refractivity contribution is 8.01. The van der Waals surface area contributed by atoms with Gasteiger partial charge >= 0.3 is 5.97 Å². The van der Waals surface area contributed by atoms with Crippen LogP contribution >= 0.6 is 23.4 Å². The van der Waals surface area contributed by atoms with Crippen LogP contribution in [0.2, 0.25) is 5.02 Å². The molecule has 2 aromatic carbocycles. The van der Waals surface area contributed by atoms with Crippen molar-refractivity contribution < 1.29 is 19.1 Å². The van der Waals surface area contributed by atoms with Crippen LogP contribution in [0.1, 0.15) is 24.9 Å². The molecule has 1 aliphatic rings. The molecule has 2 atom stereocenters. The summed E-state index contributed by atoms with van der Waals surface area (Å²) in [6.07, 6.45) is -0.109. The van der Waals surface area contributed by atoms with Crippen LogP contribution in [0, 0.1) is 0 Å². The summed E-state index contributed by atoms with van der Waals surface area (Å²) in [5.41, 5.74) is 1.58. The summed E-state index contributed by atoms with van der Waals surface area (Å²) in [5.74, 6) is -1.27. The van der Waals surface area contributed by atoms with Gasteiger partial charge in [0, 0.05) is 9.92 Å². The average molecular weight is 419 g/mol. The van der Waals surface area contributed by atoms with Crippen molar-refractivity contribution in [2.45, 2.75) is 29.5 Å². The maximum atomic E-state index is 12.1. The number of halogens is 1. The summed E-state index contributed by atoms with van der Waals surface area (Å²) >= 11 is 7.26. The highest BCUT2D eigenvalue weighted by atomic mass is 35.5. The molecule has 0 fully saturated rings. The molecule has 2 aromatic rings. The second-order valence-electron chi connectivity index (χ2n) is 6.30. The fourth-order valence-corrected chi connectivity index (χ4v) is 4.02. The van der Waals surface area contributed by atoms with Gasteiger partial charge in [0.2, 0.25) is 5.91 Å². The van der Waals surface area contributed by atoms with Gasteiger partial charge in [0.25, 0.3) is 5.91 Å². The molecule has 0 bridgehead atoms. The van der Waals surface area contributed by atoms with Crippen LogP contribution in [-0.2, 0) is 19.1 Å². The average Bonchev–Trinajstić information content (AvgIpc) is 2.67. The summed E-state index contributed by atoms with van der Waals surface area (Å²) in [6, 6.07) is 14.3. The number of amides is 2. The van der Waals surface area contributed by atoms with Crippen molar-refractivity contribution >= 4 is 46.8 Å². The van der Waals surface area contributed by atoms with Gasteiger partial charge in [-0.25, -0.2) is 0 Å². The van der Waals surface area contributed by atoms with Crippen LogP contribution < -0.4 is 10.6 Å². The van der Waals surface area contributed by atoms with Crippen molar-refractivity contribution in [2.24, 2.45) is 0 Å². The molecule has 0 aromatic heterocycles. The number of carbonyl (C=O) groups is 3. The summed E-state index contributed by atoms with van der Waals surface area (Å²) in [5, 5.41) is 5.51. The molecule has 1 aliphatic heterocycles. The summed E-state index contributed by atoms with van der Waals surface area (Å²) < 4.78 is 5.03. The molecule has 6 nitrogen and oxygen atoms in total. The normalized spacial score (nSPS) is 16.5. The Morgan fingerprint density at radius 1 is 1.25 bits per heavy atom. The predicted octanol–water partition coefficient (Wildman–Crippen LogP) is 3.56. The topological polar surface area (TPSA) is 84.5 Å². The molecule has 1 heterocycles. The highest BCUT2D eigenvalue weighted by Gasteiger charge is 2.29. The third kappa shape index (κ3) is 5.27. The number of nitrogens with one attached hydrogen (secondary N) is 2. The Kier molecular flexibility index (Phi) is 6.59. The number of hydrogen-bond donors (Lipinski definition) is 2. The predicted molar refractivity (Wildman–Crippen MR) is 108 cm³/mol. The molecule has 2 amide bonds. The number of rotatable bonds is 6. The molecule has 8 heteroatoms. The zero-order chi connectivity index (χ0) is 20.1. The van der Waals surface area contributed by atoms with E-state index in [1.54, 1.807) is 24.3 Å². The SMILES string of the molecule is C[C@H](NC(=O)COC(=O)C[C@@H]1Sc2ccccc2NC1=O)c1cccc(Cl)c1. The molecule has 0 aliphatic carbocycles. The van der Waals surface area contributed by atoms with Gasteiger partial charge in [0.15, 0.2) is 6.61 Å². The highest BCUT2D eigenvalue weighted by Crippen LogP contribution is 2.36. The van der Waals surface area contributed by atoms with E-state index >= 15 is 0 Å². The number of hydrogen-bond acceptors (Lipinski definition) is 5. The first-order chi connectivity index (χ1) is 13.4. The summed E-state index contributed by atoms with van der Waals surface area (Å²) in [7, 11) is 0. The number of para-hydroxylation sites is 1. The van der Waals surface area contributed by atoms with Gasteiger partial charge in [-0.3, -0.25) is 14.4 Å². The van der Waals surface area contributed by atoms with E-state index in [0.29, 0.717) is 5.02 Å². The van der Waals surface area contributed by atoms with Crippen molar-refractivity contribution in [1.29, 1.82) is 0 Å². The molecule has 0 unspecified atom stereocenters. The van der Waals surface area contributed by atoms with Crippen molar-refractivity contribution in [1.82, 2.24) is 5.32 Å². The quantitative estimate of drug-likeness (QED) is 0.700. The Morgan fingerprint density at radius 3 is 2.82 bits per heavy atom. The van der Waals surface area contributed by atoms with Gasteiger partial charge in [-0.15, -0.1) is 11.8 Å². The van der Waals surface area contributed by atoms with Gasteiger partial charge in [-0.1, -0.05) is 35.9 Å². The van der Waals surface area contributed by atoms with Crippen LogP contribution in [-0.4, -0.2) is 29.6 Å². The van der Waals surface area contributed by atoms with Crippen molar-refractivity contribution in [3.8, 4) is 0 Å². The molecular weight excluding hydrogens is 400 g/mol.